The Morgan fingerprint density at radius 3 is 0.671 bits per heavy atom. The van der Waals surface area contributed by atoms with Crippen LogP contribution < -0.4 is 73.3 Å². The number of nitrogens with zero attached hydrogens (tertiary/aromatic N) is 6. The highest BCUT2D eigenvalue weighted by Crippen LogP contribution is 2.13. The molecule has 0 unspecified atom stereocenters. The Morgan fingerprint density at radius 1 is 0.341 bits per heavy atom. The predicted molar refractivity (Wildman–Crippen MR) is 310 cm³/mol. The second-order valence-electron chi connectivity index (χ2n) is 12.5. The monoisotopic (exact) mass is 1220 g/mol. The zero-order valence-corrected chi connectivity index (χ0v) is 50.5. The molecule has 23 N–H and O–H groups in total. The van der Waals surface area contributed by atoms with Gasteiger partial charge in [-0.2, -0.15) is 0 Å². The van der Waals surface area contributed by atoms with Gasteiger partial charge in [0.1, 0.15) is 32.7 Å². The van der Waals surface area contributed by atoms with E-state index in [9.17, 15) is 81.5 Å². The molecule has 0 aliphatic carbocycles. The molecule has 37 nitrogen and oxygen atoms in total. The quantitative estimate of drug-likeness (QED) is 0.0855. The third-order valence-electron chi connectivity index (χ3n) is 8.04. The largest absolute Gasteiger partial charge is 0.368 e. The molecular formula is C48H89N19O18. The molecule has 6 aliphatic heterocycles. The average Bonchev–Trinajstić information content (AvgIpc) is 4.47. The number of hydrogen-bond donors (Lipinski definition) is 13. The molecule has 0 aromatic heterocycles. The van der Waals surface area contributed by atoms with Crippen LogP contribution in [0.1, 0.15) is 26.7 Å². The summed E-state index contributed by atoms with van der Waals surface area (Å²) in [5.74, 6) is -8.96. The summed E-state index contributed by atoms with van der Waals surface area (Å²) < 4.78 is 0. The van der Waals surface area contributed by atoms with Crippen LogP contribution in [0.15, 0.2) is 60.8 Å². The Balaban J connectivity index is -0.000000114. The van der Waals surface area contributed by atoms with Crippen LogP contribution in [0.4, 0.5) is 0 Å². The van der Waals surface area contributed by atoms with Crippen molar-refractivity contribution in [2.24, 2.45) is 57.3 Å². The van der Waals surface area contributed by atoms with Gasteiger partial charge in [-0.05, 0) is 63.4 Å². The van der Waals surface area contributed by atoms with Crippen molar-refractivity contribution in [2.75, 3.05) is 117 Å². The molecule has 0 aromatic rings. The van der Waals surface area contributed by atoms with Crippen LogP contribution in [0.3, 0.4) is 0 Å². The fourth-order valence-corrected chi connectivity index (χ4v) is 4.68. The highest BCUT2D eigenvalue weighted by atomic mass is 16.7. The van der Waals surface area contributed by atoms with Crippen molar-refractivity contribution in [1.82, 2.24) is 45.5 Å². The summed E-state index contributed by atoms with van der Waals surface area (Å²) in [5, 5.41) is 7.32. The van der Waals surface area contributed by atoms with Crippen LogP contribution in [0.5, 0.6) is 0 Å². The molecule has 6 heterocycles. The minimum Gasteiger partial charge on any atom is -0.368 e. The number of hydroxylamine groups is 2. The third-order valence-corrected chi connectivity index (χ3v) is 8.04. The van der Waals surface area contributed by atoms with Crippen LogP contribution in [-0.2, 0) is 86.3 Å². The van der Waals surface area contributed by atoms with Crippen molar-refractivity contribution >= 4 is 100 Å². The van der Waals surface area contributed by atoms with Gasteiger partial charge in [0.25, 0.3) is 70.9 Å². The van der Waals surface area contributed by atoms with E-state index in [1.54, 1.807) is 0 Å². The maximum atomic E-state index is 11.4. The van der Waals surface area contributed by atoms with Crippen LogP contribution in [-0.4, -0.2) is 247 Å². The second-order valence-corrected chi connectivity index (χ2v) is 12.5. The lowest BCUT2D eigenvalue weighted by Crippen LogP contribution is -2.40. The second kappa shape index (κ2) is 62.1. The minimum atomic E-state index is -1.02. The molecule has 85 heavy (non-hydrogen) atoms. The number of nitrogens with two attached hydrogens (primary N) is 10. The number of hydrogen-bond acceptors (Lipinski definition) is 27. The molecule has 0 saturated carbocycles. The number of rotatable bonds is 11. The zero-order valence-electron chi connectivity index (χ0n) is 50.5. The molecule has 0 spiro atoms. The lowest BCUT2D eigenvalue weighted by Gasteiger charge is -2.16. The normalized spacial score (nSPS) is 13.4. The van der Waals surface area contributed by atoms with Crippen molar-refractivity contribution in [3.63, 3.8) is 0 Å². The molecule has 484 valence electrons. The van der Waals surface area contributed by atoms with Gasteiger partial charge in [0, 0.05) is 94.7 Å². The fraction of sp³-hybridized carbons (Fsp3) is 0.438. The number of carbonyl (C=O) groups excluding carboxylic acids is 17. The van der Waals surface area contributed by atoms with Gasteiger partial charge in [-0.3, -0.25) is 101 Å². The van der Waals surface area contributed by atoms with E-state index < -0.39 is 89.3 Å². The molecule has 37 heteroatoms. The molecule has 0 aromatic carbocycles. The van der Waals surface area contributed by atoms with Gasteiger partial charge < -0.3 is 78.1 Å². The Bertz CT molecular complexity index is 2060. The van der Waals surface area contributed by atoms with Crippen molar-refractivity contribution in [3.8, 4) is 0 Å². The van der Waals surface area contributed by atoms with Crippen molar-refractivity contribution in [3.05, 3.63) is 60.8 Å². The first-order valence-corrected chi connectivity index (χ1v) is 24.4. The van der Waals surface area contributed by atoms with Gasteiger partial charge in [0.2, 0.25) is 23.6 Å². The Labute approximate surface area is 493 Å². The summed E-state index contributed by atoms with van der Waals surface area (Å²) >= 11 is 0. The van der Waals surface area contributed by atoms with E-state index in [2.05, 4.69) is 72.4 Å². The number of primary amides is 1. The SMILES string of the molecule is CC.CN.CN.CN.CN.CN.CN.CN.CN.CN.CNC(=O)CN1C(=O)C=CC1=O.CNC(=O)CN1C(=O)C=CC1=O.CNC(=O)CN1C(=O)C=CC1=O.NC(=O)CN1C(=O)C=CC1=O.O=C(CN1C(=O)C=CC1=O)ON1C(=O)CCC1=O. The van der Waals surface area contributed by atoms with E-state index in [0.29, 0.717) is 9.96 Å². The minimum absolute atomic E-state index is 0.0186. The number of amides is 16. The first-order chi connectivity index (χ1) is 40.5. The van der Waals surface area contributed by atoms with E-state index in [-0.39, 0.29) is 56.7 Å². The lowest BCUT2D eigenvalue weighted by molar-refractivity contribution is -0.198. The Morgan fingerprint density at radius 2 is 0.506 bits per heavy atom. The van der Waals surface area contributed by atoms with Crippen LogP contribution in [0.2, 0.25) is 0 Å². The van der Waals surface area contributed by atoms with E-state index in [1.165, 1.54) is 84.6 Å². The Hall–Kier alpha value is -9.47. The maximum absolute atomic E-state index is 11.4. The Kier molecular flexibility index (Phi) is 69.3. The summed E-state index contributed by atoms with van der Waals surface area (Å²) in [5.41, 5.74) is 45.3. The van der Waals surface area contributed by atoms with Gasteiger partial charge in [0.15, 0.2) is 0 Å². The van der Waals surface area contributed by atoms with Gasteiger partial charge in [0.05, 0.1) is 0 Å². The third kappa shape index (κ3) is 40.4. The van der Waals surface area contributed by atoms with E-state index in [0.717, 1.165) is 80.4 Å². The standard InChI is InChI=1S/C10H8N2O6.3C7H8N2O3.C6H6N2O3.C2H6.9CH5N/c13-6-1-2-7(14)11(6)5-10(17)18-12-8(15)3-4-9(12)16;3*1-8-5(10)4-9-6(11)2-3-7(9)12;7-4(9)3-8-5(10)1-2-6(8)11;10*1-2/h1-2H,3-5H2;3*2-3H,4H2,1H3,(H,8,10);1-2H,3H2,(H2,7,9);1-2H3;9*2H2,1H3. The average molecular weight is 1220 g/mol. The molecule has 6 rings (SSSR count). The van der Waals surface area contributed by atoms with E-state index >= 15 is 0 Å². The number of imide groups is 6. The van der Waals surface area contributed by atoms with Crippen LogP contribution in [0.25, 0.3) is 0 Å². The van der Waals surface area contributed by atoms with Crippen molar-refractivity contribution in [1.29, 1.82) is 0 Å². The summed E-state index contributed by atoms with van der Waals surface area (Å²) in [6.07, 6.45) is 11.1. The topological polar surface area (TPSA) is 615 Å². The summed E-state index contributed by atoms with van der Waals surface area (Å²) in [6, 6.07) is 0. The van der Waals surface area contributed by atoms with Gasteiger partial charge in [-0.25, -0.2) is 4.79 Å². The van der Waals surface area contributed by atoms with E-state index in [4.69, 9.17) is 5.73 Å². The van der Waals surface area contributed by atoms with Crippen LogP contribution >= 0.6 is 0 Å². The number of nitrogens with one attached hydrogen (secondary N) is 3. The molecule has 1 saturated heterocycles. The number of carbonyl (C=O) groups is 17. The van der Waals surface area contributed by atoms with Gasteiger partial charge in [-0.15, -0.1) is 5.06 Å². The highest BCUT2D eigenvalue weighted by Gasteiger charge is 2.35. The predicted octanol–water partition coefficient (Wildman–Crippen LogP) is -9.91. The smallest absolute Gasteiger partial charge is 0.352 e. The molecule has 1 fully saturated rings. The molecule has 0 atom stereocenters. The first kappa shape index (κ1) is 94.8. The molecule has 0 radical (unpaired) electrons. The summed E-state index contributed by atoms with van der Waals surface area (Å²) in [7, 11) is 17.8. The van der Waals surface area contributed by atoms with Gasteiger partial charge in [-0.1, -0.05) is 13.8 Å². The molecular weight excluding hydrogens is 1130 g/mol. The van der Waals surface area contributed by atoms with E-state index in [1.807, 2.05) is 13.8 Å². The highest BCUT2D eigenvalue weighted by molar-refractivity contribution is 6.17. The lowest BCUT2D eigenvalue weighted by atomic mass is 10.4. The van der Waals surface area contributed by atoms with Crippen LogP contribution in [0, 0.1) is 0 Å². The van der Waals surface area contributed by atoms with Crippen molar-refractivity contribution < 1.29 is 86.3 Å². The first-order valence-electron chi connectivity index (χ1n) is 24.4. The van der Waals surface area contributed by atoms with Crippen molar-refractivity contribution in [2.45, 2.75) is 26.7 Å². The summed E-state index contributed by atoms with van der Waals surface area (Å²) in [6.45, 7) is 2.40. The molecule has 16 amide bonds. The molecule has 6 aliphatic rings. The fourth-order valence-electron chi connectivity index (χ4n) is 4.68. The summed E-state index contributed by atoms with van der Waals surface area (Å²) in [4.78, 5) is 194. The zero-order chi connectivity index (χ0) is 69.1. The van der Waals surface area contributed by atoms with Gasteiger partial charge >= 0.3 is 5.97 Å². The maximum Gasteiger partial charge on any atom is 0.352 e. The number of likely N-dealkylation sites (N-methyl/N-ethyl adjacent to an activating group) is 3. The molecule has 0 bridgehead atoms.